The quantitative estimate of drug-likeness (QED) is 0.669. The van der Waals surface area contributed by atoms with E-state index in [-0.39, 0.29) is 0 Å². The Morgan fingerprint density at radius 1 is 1.17 bits per heavy atom. The van der Waals surface area contributed by atoms with E-state index in [0.29, 0.717) is 12.2 Å². The molecule has 0 heterocycles. The zero-order valence-corrected chi connectivity index (χ0v) is 12.7. The molecule has 1 rings (SSSR count). The van der Waals surface area contributed by atoms with Crippen molar-refractivity contribution in [1.29, 1.82) is 0 Å². The van der Waals surface area contributed by atoms with Crippen LogP contribution >= 0.6 is 11.8 Å². The highest BCUT2D eigenvalue weighted by Crippen LogP contribution is 2.20. The third kappa shape index (κ3) is 7.04. The lowest BCUT2D eigenvalue weighted by Crippen LogP contribution is -2.26. The van der Waals surface area contributed by atoms with E-state index < -0.39 is 0 Å². The van der Waals surface area contributed by atoms with Crippen LogP contribution in [0.25, 0.3) is 0 Å². The molecule has 0 aliphatic carbocycles. The lowest BCUT2D eigenvalue weighted by molar-refractivity contribution is 0.0140. The fraction of sp³-hybridized carbons (Fsp3) is 0.600. The van der Waals surface area contributed by atoms with Crippen molar-refractivity contribution in [3.8, 4) is 0 Å². The number of benzene rings is 1. The number of nitrogens with zero attached hydrogens (tertiary/aromatic N) is 1. The second-order valence-corrected chi connectivity index (χ2v) is 6.12. The highest BCUT2D eigenvalue weighted by atomic mass is 32.2. The molecule has 0 saturated carbocycles. The molecule has 3 heteroatoms. The van der Waals surface area contributed by atoms with Crippen LogP contribution in [-0.2, 0) is 4.74 Å². The van der Waals surface area contributed by atoms with Gasteiger partial charge in [-0.05, 0) is 46.5 Å². The second kappa shape index (κ2) is 8.57. The van der Waals surface area contributed by atoms with Crippen LogP contribution in [0.15, 0.2) is 35.2 Å². The first kappa shape index (κ1) is 15.5. The Morgan fingerprint density at radius 2 is 1.83 bits per heavy atom. The highest BCUT2D eigenvalue weighted by Gasteiger charge is 2.12. The molecule has 0 fully saturated rings. The van der Waals surface area contributed by atoms with Gasteiger partial charge in [-0.3, -0.25) is 0 Å². The predicted octanol–water partition coefficient (Wildman–Crippen LogP) is 3.52. The van der Waals surface area contributed by atoms with E-state index in [1.807, 2.05) is 11.8 Å². The third-order valence-electron chi connectivity index (χ3n) is 2.54. The summed E-state index contributed by atoms with van der Waals surface area (Å²) >= 11 is 1.88. The molecule has 2 nitrogen and oxygen atoms in total. The van der Waals surface area contributed by atoms with Gasteiger partial charge in [0.2, 0.25) is 0 Å². The first-order valence-corrected chi connectivity index (χ1v) is 7.54. The summed E-state index contributed by atoms with van der Waals surface area (Å²) in [6.07, 6.45) is 1.72. The van der Waals surface area contributed by atoms with Gasteiger partial charge in [0.05, 0.1) is 12.2 Å². The van der Waals surface area contributed by atoms with Crippen molar-refractivity contribution >= 4 is 11.8 Å². The molecule has 0 N–H and O–H groups in total. The molecule has 0 radical (unpaired) electrons. The molecule has 18 heavy (non-hydrogen) atoms. The van der Waals surface area contributed by atoms with Gasteiger partial charge >= 0.3 is 0 Å². The number of thioether (sulfide) groups is 1. The molecule has 102 valence electrons. The van der Waals surface area contributed by atoms with E-state index in [2.05, 4.69) is 63.2 Å². The topological polar surface area (TPSA) is 12.5 Å². The molecule has 1 aromatic carbocycles. The average Bonchev–Trinajstić information content (AvgIpc) is 2.33. The van der Waals surface area contributed by atoms with Gasteiger partial charge in [-0.15, -0.1) is 11.8 Å². The molecular weight excluding hydrogens is 242 g/mol. The number of hydrogen-bond acceptors (Lipinski definition) is 3. The normalized spacial score (nSPS) is 13.2. The standard InChI is InChI=1S/C15H25NOS/c1-13(2)17-14(10-11-16(3)4)12-18-15-8-6-5-7-9-15/h5-9,13-14H,10-12H2,1-4H3. The van der Waals surface area contributed by atoms with Crippen LogP contribution in [0, 0.1) is 0 Å². The van der Waals surface area contributed by atoms with Gasteiger partial charge in [0.15, 0.2) is 0 Å². The fourth-order valence-corrected chi connectivity index (χ4v) is 2.66. The maximum Gasteiger partial charge on any atom is 0.0684 e. The number of rotatable bonds is 8. The summed E-state index contributed by atoms with van der Waals surface area (Å²) in [6, 6.07) is 10.5. The van der Waals surface area contributed by atoms with E-state index in [0.717, 1.165) is 18.7 Å². The zero-order valence-electron chi connectivity index (χ0n) is 11.9. The summed E-state index contributed by atoms with van der Waals surface area (Å²) in [5.74, 6) is 1.02. The van der Waals surface area contributed by atoms with Gasteiger partial charge in [0.1, 0.15) is 0 Å². The lowest BCUT2D eigenvalue weighted by Gasteiger charge is -2.22. The fourth-order valence-electron chi connectivity index (χ4n) is 1.68. The van der Waals surface area contributed by atoms with Crippen LogP contribution in [0.4, 0.5) is 0 Å². The van der Waals surface area contributed by atoms with Crippen LogP contribution in [0.5, 0.6) is 0 Å². The molecule has 1 atom stereocenters. The Morgan fingerprint density at radius 3 is 2.39 bits per heavy atom. The van der Waals surface area contributed by atoms with Crippen molar-refractivity contribution in [2.45, 2.75) is 37.4 Å². The Kier molecular flexibility index (Phi) is 7.40. The van der Waals surface area contributed by atoms with Crippen LogP contribution in [-0.4, -0.2) is 43.5 Å². The minimum Gasteiger partial charge on any atom is -0.375 e. The molecule has 1 aromatic rings. The first-order valence-electron chi connectivity index (χ1n) is 6.56. The van der Waals surface area contributed by atoms with Crippen LogP contribution in [0.2, 0.25) is 0 Å². The van der Waals surface area contributed by atoms with Gasteiger partial charge in [-0.25, -0.2) is 0 Å². The van der Waals surface area contributed by atoms with Crippen molar-refractivity contribution in [3.05, 3.63) is 30.3 Å². The minimum atomic E-state index is 0.300. The predicted molar refractivity (Wildman–Crippen MR) is 80.3 cm³/mol. The maximum absolute atomic E-state index is 5.97. The summed E-state index contributed by atoms with van der Waals surface area (Å²) in [4.78, 5) is 3.53. The van der Waals surface area contributed by atoms with E-state index in [4.69, 9.17) is 4.74 Å². The second-order valence-electron chi connectivity index (χ2n) is 5.02. The molecule has 0 aliphatic rings. The van der Waals surface area contributed by atoms with E-state index in [1.54, 1.807) is 0 Å². The van der Waals surface area contributed by atoms with Crippen LogP contribution in [0.3, 0.4) is 0 Å². The average molecular weight is 267 g/mol. The summed E-state index contributed by atoms with van der Waals surface area (Å²) in [5, 5.41) is 0. The molecule has 1 unspecified atom stereocenters. The van der Waals surface area contributed by atoms with Crippen molar-refractivity contribution in [3.63, 3.8) is 0 Å². The molecule has 0 saturated heterocycles. The van der Waals surface area contributed by atoms with Crippen molar-refractivity contribution in [1.82, 2.24) is 4.90 Å². The van der Waals surface area contributed by atoms with E-state index in [9.17, 15) is 0 Å². The van der Waals surface area contributed by atoms with Gasteiger partial charge in [0, 0.05) is 17.2 Å². The molecule has 0 bridgehead atoms. The number of ether oxygens (including phenoxy) is 1. The Labute approximate surface area is 116 Å². The minimum absolute atomic E-state index is 0.300. The van der Waals surface area contributed by atoms with Crippen LogP contribution < -0.4 is 0 Å². The van der Waals surface area contributed by atoms with E-state index in [1.165, 1.54) is 4.90 Å². The summed E-state index contributed by atoms with van der Waals surface area (Å²) in [5.41, 5.74) is 0. The molecule has 0 amide bonds. The maximum atomic E-state index is 5.97. The zero-order chi connectivity index (χ0) is 13.4. The van der Waals surface area contributed by atoms with Crippen molar-refractivity contribution in [2.24, 2.45) is 0 Å². The summed E-state index contributed by atoms with van der Waals surface area (Å²) in [7, 11) is 4.22. The van der Waals surface area contributed by atoms with Gasteiger partial charge in [-0.1, -0.05) is 18.2 Å². The Bertz CT molecular complexity index is 314. The van der Waals surface area contributed by atoms with Crippen LogP contribution in [0.1, 0.15) is 20.3 Å². The first-order chi connectivity index (χ1) is 8.58. The molecule has 0 aromatic heterocycles. The van der Waals surface area contributed by atoms with Crippen molar-refractivity contribution < 1.29 is 4.74 Å². The van der Waals surface area contributed by atoms with E-state index >= 15 is 0 Å². The summed E-state index contributed by atoms with van der Waals surface area (Å²) < 4.78 is 5.97. The smallest absolute Gasteiger partial charge is 0.0684 e. The monoisotopic (exact) mass is 267 g/mol. The Hall–Kier alpha value is -0.510. The number of hydrogen-bond donors (Lipinski definition) is 0. The molecule has 0 spiro atoms. The largest absolute Gasteiger partial charge is 0.375 e. The third-order valence-corrected chi connectivity index (χ3v) is 3.69. The van der Waals surface area contributed by atoms with Gasteiger partial charge in [0.25, 0.3) is 0 Å². The lowest BCUT2D eigenvalue weighted by atomic mass is 10.2. The molecule has 0 aliphatic heterocycles. The molecular formula is C15H25NOS. The van der Waals surface area contributed by atoms with Gasteiger partial charge < -0.3 is 9.64 Å². The van der Waals surface area contributed by atoms with Gasteiger partial charge in [-0.2, -0.15) is 0 Å². The SMILES string of the molecule is CC(C)OC(CCN(C)C)CSc1ccccc1. The van der Waals surface area contributed by atoms with Crippen molar-refractivity contribution in [2.75, 3.05) is 26.4 Å². The highest BCUT2D eigenvalue weighted by molar-refractivity contribution is 7.99. The summed E-state index contributed by atoms with van der Waals surface area (Å²) in [6.45, 7) is 5.29. The Balaban J connectivity index is 2.40.